The van der Waals surface area contributed by atoms with Crippen LogP contribution in [0.25, 0.3) is 0 Å². The molecule has 2 rings (SSSR count). The van der Waals surface area contributed by atoms with Gasteiger partial charge in [-0.1, -0.05) is 0 Å². The molecule has 0 saturated carbocycles. The Morgan fingerprint density at radius 1 is 1.39 bits per heavy atom. The maximum Gasteiger partial charge on any atom is 0.299 e. The van der Waals surface area contributed by atoms with Gasteiger partial charge in [0.05, 0.1) is 17.4 Å². The molecule has 0 aromatic heterocycles. The molecule has 0 bridgehead atoms. The quantitative estimate of drug-likeness (QED) is 0.798. The normalized spacial score (nSPS) is 15.9. The standard InChI is InChI=1S/C13H16N2O3/c1-8(16)7-14(2)9-4-5-10-11(6-9)15(3)13(18)12(10)17/h4-6,8,16H,7H2,1-3H3. The summed E-state index contributed by atoms with van der Waals surface area (Å²) in [6.07, 6.45) is -0.441. The second-order valence-corrected chi connectivity index (χ2v) is 4.62. The number of ketones is 1. The summed E-state index contributed by atoms with van der Waals surface area (Å²) in [7, 11) is 3.44. The summed E-state index contributed by atoms with van der Waals surface area (Å²) in [5.41, 5.74) is 1.93. The van der Waals surface area contributed by atoms with Crippen molar-refractivity contribution in [3.63, 3.8) is 0 Å². The van der Waals surface area contributed by atoms with Crippen LogP contribution < -0.4 is 9.80 Å². The Hall–Kier alpha value is -1.88. The highest BCUT2D eigenvalue weighted by Crippen LogP contribution is 2.31. The van der Waals surface area contributed by atoms with Gasteiger partial charge in [0.2, 0.25) is 0 Å². The maximum atomic E-state index is 11.6. The molecule has 0 spiro atoms. The van der Waals surface area contributed by atoms with Crippen molar-refractivity contribution in [2.45, 2.75) is 13.0 Å². The zero-order valence-corrected chi connectivity index (χ0v) is 10.7. The van der Waals surface area contributed by atoms with Crippen molar-refractivity contribution in [2.75, 3.05) is 30.4 Å². The largest absolute Gasteiger partial charge is 0.392 e. The van der Waals surface area contributed by atoms with E-state index in [0.717, 1.165) is 5.69 Å². The third-order valence-corrected chi connectivity index (χ3v) is 3.07. The number of carbonyl (C=O) groups excluding carboxylic acids is 2. The third-order valence-electron chi connectivity index (χ3n) is 3.07. The predicted molar refractivity (Wildman–Crippen MR) is 69.1 cm³/mol. The van der Waals surface area contributed by atoms with Crippen LogP contribution in [0.1, 0.15) is 17.3 Å². The number of amides is 1. The van der Waals surface area contributed by atoms with E-state index in [1.54, 1.807) is 32.2 Å². The summed E-state index contributed by atoms with van der Waals surface area (Å²) in [5, 5.41) is 9.35. The Bertz CT molecular complexity index is 511. The van der Waals surface area contributed by atoms with Gasteiger partial charge in [0.15, 0.2) is 0 Å². The van der Waals surface area contributed by atoms with E-state index in [1.165, 1.54) is 4.90 Å². The number of likely N-dealkylation sites (N-methyl/N-ethyl adjacent to an activating group) is 2. The van der Waals surface area contributed by atoms with Gasteiger partial charge in [-0.25, -0.2) is 0 Å². The van der Waals surface area contributed by atoms with Gasteiger partial charge >= 0.3 is 0 Å². The number of carbonyl (C=O) groups is 2. The first kappa shape index (κ1) is 12.6. The first-order chi connectivity index (χ1) is 8.41. The van der Waals surface area contributed by atoms with Crippen LogP contribution in [0.3, 0.4) is 0 Å². The molecule has 1 aromatic carbocycles. The first-order valence-corrected chi connectivity index (χ1v) is 5.77. The third kappa shape index (κ3) is 1.97. The van der Waals surface area contributed by atoms with E-state index in [9.17, 15) is 14.7 Å². The van der Waals surface area contributed by atoms with Crippen molar-refractivity contribution in [1.29, 1.82) is 0 Å². The van der Waals surface area contributed by atoms with Crippen LogP contribution >= 0.6 is 0 Å². The average Bonchev–Trinajstić information content (AvgIpc) is 2.53. The molecule has 18 heavy (non-hydrogen) atoms. The first-order valence-electron chi connectivity index (χ1n) is 5.77. The van der Waals surface area contributed by atoms with E-state index in [-0.39, 0.29) is 0 Å². The van der Waals surface area contributed by atoms with Gasteiger partial charge in [-0.3, -0.25) is 9.59 Å². The van der Waals surface area contributed by atoms with Gasteiger partial charge in [0.25, 0.3) is 11.7 Å². The van der Waals surface area contributed by atoms with E-state index in [0.29, 0.717) is 17.8 Å². The van der Waals surface area contributed by atoms with Crippen molar-refractivity contribution in [3.05, 3.63) is 23.8 Å². The number of rotatable bonds is 3. The summed E-state index contributed by atoms with van der Waals surface area (Å²) >= 11 is 0. The molecule has 1 N–H and O–H groups in total. The number of fused-ring (bicyclic) bond motifs is 1. The molecular formula is C13H16N2O3. The molecule has 1 unspecified atom stereocenters. The Morgan fingerprint density at radius 3 is 2.67 bits per heavy atom. The minimum Gasteiger partial charge on any atom is -0.392 e. The van der Waals surface area contributed by atoms with Crippen LogP contribution in [0, 0.1) is 0 Å². The summed E-state index contributed by atoms with van der Waals surface area (Å²) in [4.78, 5) is 26.4. The van der Waals surface area contributed by atoms with Gasteiger partial charge in [0, 0.05) is 26.3 Å². The fourth-order valence-corrected chi connectivity index (χ4v) is 2.11. The Morgan fingerprint density at radius 2 is 2.06 bits per heavy atom. The topological polar surface area (TPSA) is 60.9 Å². The van der Waals surface area contributed by atoms with Gasteiger partial charge in [-0.15, -0.1) is 0 Å². The van der Waals surface area contributed by atoms with E-state index < -0.39 is 17.8 Å². The molecular weight excluding hydrogens is 232 g/mol. The molecule has 1 aliphatic heterocycles. The molecule has 5 nitrogen and oxygen atoms in total. The summed E-state index contributed by atoms with van der Waals surface area (Å²) in [6.45, 7) is 2.20. The van der Waals surface area contributed by atoms with Crippen molar-refractivity contribution in [2.24, 2.45) is 0 Å². The van der Waals surface area contributed by atoms with Crippen molar-refractivity contribution < 1.29 is 14.7 Å². The van der Waals surface area contributed by atoms with Gasteiger partial charge in [-0.05, 0) is 25.1 Å². The van der Waals surface area contributed by atoms with E-state index >= 15 is 0 Å². The molecule has 1 heterocycles. The number of Topliss-reactive ketones (excluding diaryl/α,β-unsaturated/α-hetero) is 1. The summed E-state index contributed by atoms with van der Waals surface area (Å²) in [5.74, 6) is -0.961. The molecule has 1 aromatic rings. The number of aliphatic hydroxyl groups excluding tert-OH is 1. The molecule has 0 aliphatic carbocycles. The molecule has 0 fully saturated rings. The zero-order chi connectivity index (χ0) is 13.4. The number of nitrogens with zero attached hydrogens (tertiary/aromatic N) is 2. The highest BCUT2D eigenvalue weighted by molar-refractivity contribution is 6.52. The number of benzene rings is 1. The van der Waals surface area contributed by atoms with Gasteiger partial charge in [-0.2, -0.15) is 0 Å². The molecule has 0 saturated heterocycles. The number of aliphatic hydroxyl groups is 1. The maximum absolute atomic E-state index is 11.6. The van der Waals surface area contributed by atoms with Crippen LogP contribution in [0.2, 0.25) is 0 Å². The van der Waals surface area contributed by atoms with Crippen LogP contribution in [-0.2, 0) is 4.79 Å². The SMILES string of the molecule is CC(O)CN(C)c1ccc2c(c1)N(C)C(=O)C2=O. The number of hydrogen-bond donors (Lipinski definition) is 1. The predicted octanol–water partition coefficient (Wildman–Crippen LogP) is 0.663. The molecule has 1 aliphatic rings. The summed E-state index contributed by atoms with van der Waals surface area (Å²) < 4.78 is 0. The minimum absolute atomic E-state index is 0.441. The molecule has 1 atom stereocenters. The lowest BCUT2D eigenvalue weighted by Crippen LogP contribution is -2.27. The lowest BCUT2D eigenvalue weighted by atomic mass is 10.1. The Labute approximate surface area is 106 Å². The zero-order valence-electron chi connectivity index (χ0n) is 10.7. The number of hydrogen-bond acceptors (Lipinski definition) is 4. The van der Waals surface area contributed by atoms with Crippen molar-refractivity contribution >= 4 is 23.1 Å². The minimum atomic E-state index is -0.500. The highest BCUT2D eigenvalue weighted by Gasteiger charge is 2.33. The van der Waals surface area contributed by atoms with E-state index in [2.05, 4.69) is 0 Å². The fraction of sp³-hybridized carbons (Fsp3) is 0.385. The van der Waals surface area contributed by atoms with Crippen LogP contribution in [0.5, 0.6) is 0 Å². The van der Waals surface area contributed by atoms with Gasteiger partial charge in [0.1, 0.15) is 0 Å². The molecule has 0 radical (unpaired) electrons. The lowest BCUT2D eigenvalue weighted by Gasteiger charge is -2.22. The average molecular weight is 248 g/mol. The second kappa shape index (κ2) is 4.42. The van der Waals surface area contributed by atoms with Gasteiger partial charge < -0.3 is 14.9 Å². The highest BCUT2D eigenvalue weighted by atomic mass is 16.3. The molecule has 96 valence electrons. The smallest absolute Gasteiger partial charge is 0.299 e. The lowest BCUT2D eigenvalue weighted by molar-refractivity contribution is -0.114. The monoisotopic (exact) mass is 248 g/mol. The van der Waals surface area contributed by atoms with Crippen LogP contribution in [-0.4, -0.2) is 43.5 Å². The van der Waals surface area contributed by atoms with E-state index in [1.807, 2.05) is 11.9 Å². The number of anilines is 2. The second-order valence-electron chi connectivity index (χ2n) is 4.62. The van der Waals surface area contributed by atoms with Crippen LogP contribution in [0.4, 0.5) is 11.4 Å². The van der Waals surface area contributed by atoms with Crippen molar-refractivity contribution in [3.8, 4) is 0 Å². The fourth-order valence-electron chi connectivity index (χ4n) is 2.11. The van der Waals surface area contributed by atoms with Crippen molar-refractivity contribution in [1.82, 2.24) is 0 Å². The Kier molecular flexibility index (Phi) is 3.09. The Balaban J connectivity index is 2.34. The summed E-state index contributed by atoms with van der Waals surface area (Å²) in [6, 6.07) is 5.24. The molecule has 5 heteroatoms. The molecule has 1 amide bonds. The van der Waals surface area contributed by atoms with E-state index in [4.69, 9.17) is 0 Å². The van der Waals surface area contributed by atoms with Crippen LogP contribution in [0.15, 0.2) is 18.2 Å².